The van der Waals surface area contributed by atoms with Gasteiger partial charge >= 0.3 is 6.09 Å². The van der Waals surface area contributed by atoms with Crippen LogP contribution in [0.5, 0.6) is 17.2 Å². The van der Waals surface area contributed by atoms with Crippen molar-refractivity contribution in [1.29, 1.82) is 0 Å². The van der Waals surface area contributed by atoms with Gasteiger partial charge in [-0.05, 0) is 24.6 Å². The fraction of sp³-hybridized carbons (Fsp3) is 0.192. The molecule has 9 nitrogen and oxygen atoms in total. The number of carbonyl (C=O) groups excluding carboxylic acids is 1. The van der Waals surface area contributed by atoms with Gasteiger partial charge in [0.15, 0.2) is 6.10 Å². The average molecular weight is 513 g/mol. The Bertz CT molecular complexity index is 1270. The second-order valence-electron chi connectivity index (χ2n) is 7.61. The Kier molecular flexibility index (Phi) is 9.11. The minimum atomic E-state index is -1.55. The first-order valence-corrected chi connectivity index (χ1v) is 11.1. The van der Waals surface area contributed by atoms with Crippen LogP contribution in [0.2, 0.25) is 0 Å². The molecule has 11 heteroatoms. The zero-order chi connectivity index (χ0) is 26.9. The minimum absolute atomic E-state index is 0.0128. The predicted molar refractivity (Wildman–Crippen MR) is 131 cm³/mol. The highest BCUT2D eigenvalue weighted by molar-refractivity contribution is 6.02. The van der Waals surface area contributed by atoms with E-state index in [1.807, 2.05) is 0 Å². The van der Waals surface area contributed by atoms with Crippen LogP contribution in [-0.4, -0.2) is 36.7 Å². The van der Waals surface area contributed by atoms with Crippen LogP contribution in [0.3, 0.4) is 0 Å². The smallest absolute Gasteiger partial charge is 0.433 e. The van der Waals surface area contributed by atoms with Crippen LogP contribution in [0.1, 0.15) is 29.7 Å². The van der Waals surface area contributed by atoms with Crippen LogP contribution in [-0.2, 0) is 16.1 Å². The summed E-state index contributed by atoms with van der Waals surface area (Å²) in [4.78, 5) is 26.7. The fourth-order valence-corrected chi connectivity index (χ4v) is 3.37. The van der Waals surface area contributed by atoms with Crippen molar-refractivity contribution in [2.75, 3.05) is 13.7 Å². The molecule has 0 bridgehead atoms. The number of carboxylic acid groups (broad SMARTS) is 1. The Morgan fingerprint density at radius 2 is 1.68 bits per heavy atom. The first kappa shape index (κ1) is 27.1. The summed E-state index contributed by atoms with van der Waals surface area (Å²) in [5, 5.41) is 11.3. The summed E-state index contributed by atoms with van der Waals surface area (Å²) >= 11 is 0. The van der Waals surface area contributed by atoms with E-state index in [1.54, 1.807) is 43.3 Å². The first-order chi connectivity index (χ1) is 17.7. The molecule has 3 rings (SSSR count). The molecule has 0 heterocycles. The number of methoxy groups -OCH3 is 1. The third kappa shape index (κ3) is 7.24. The highest BCUT2D eigenvalue weighted by atomic mass is 19.1. The van der Waals surface area contributed by atoms with Gasteiger partial charge in [-0.15, -0.1) is 0 Å². The SMILES string of the molecule is CCOC(C(=O)NCc1ccc(/C(N)=N\C(=O)O)cc1)c1c(F)cc(Oc2cccc(OC)c2)cc1F. The van der Waals surface area contributed by atoms with Gasteiger partial charge in [-0.1, -0.05) is 30.3 Å². The molecule has 2 amide bonds. The Balaban J connectivity index is 1.74. The van der Waals surface area contributed by atoms with E-state index >= 15 is 0 Å². The standard InChI is InChI=1S/C26H25F2N3O6/c1-3-36-23(25(32)30-14-15-7-9-16(10-8-15)24(29)31-26(33)34)22-20(27)12-19(13-21(22)28)37-18-6-4-5-17(11-18)35-2/h4-13,23H,3,14H2,1-2H3,(H2,29,31)(H,30,32)(H,33,34). The number of rotatable bonds is 10. The van der Waals surface area contributed by atoms with Gasteiger partial charge in [0.2, 0.25) is 0 Å². The molecule has 1 atom stereocenters. The molecular weight excluding hydrogens is 488 g/mol. The third-order valence-electron chi connectivity index (χ3n) is 5.10. The summed E-state index contributed by atoms with van der Waals surface area (Å²) in [6, 6.07) is 14.7. The van der Waals surface area contributed by atoms with Gasteiger partial charge in [-0.3, -0.25) is 4.79 Å². The van der Waals surface area contributed by atoms with E-state index in [0.717, 1.165) is 12.1 Å². The van der Waals surface area contributed by atoms with E-state index in [0.29, 0.717) is 22.6 Å². The molecular formula is C26H25F2N3O6. The summed E-state index contributed by atoms with van der Waals surface area (Å²) in [6.45, 7) is 1.63. The van der Waals surface area contributed by atoms with Crippen LogP contribution < -0.4 is 20.5 Å². The maximum atomic E-state index is 15.0. The highest BCUT2D eigenvalue weighted by Crippen LogP contribution is 2.31. The van der Waals surface area contributed by atoms with Gasteiger partial charge in [0.05, 0.1) is 12.7 Å². The average Bonchev–Trinajstić information content (AvgIpc) is 2.86. The van der Waals surface area contributed by atoms with Crippen molar-refractivity contribution in [2.45, 2.75) is 19.6 Å². The van der Waals surface area contributed by atoms with Crippen molar-refractivity contribution in [3.05, 3.63) is 89.0 Å². The second kappa shape index (κ2) is 12.5. The number of benzene rings is 3. The summed E-state index contributed by atoms with van der Waals surface area (Å²) in [6.07, 6.45) is -2.97. The van der Waals surface area contributed by atoms with Gasteiger partial charge in [0.25, 0.3) is 5.91 Å². The molecule has 3 aromatic rings. The van der Waals surface area contributed by atoms with Gasteiger partial charge in [-0.25, -0.2) is 13.6 Å². The number of nitrogens with one attached hydrogen (secondary N) is 1. The number of hydrogen-bond acceptors (Lipinski definition) is 5. The summed E-state index contributed by atoms with van der Waals surface area (Å²) in [5.74, 6) is -2.23. The minimum Gasteiger partial charge on any atom is -0.497 e. The monoisotopic (exact) mass is 513 g/mol. The number of ether oxygens (including phenoxy) is 3. The molecule has 0 spiro atoms. The molecule has 0 aliphatic rings. The topological polar surface area (TPSA) is 132 Å². The normalized spacial score (nSPS) is 12.1. The Morgan fingerprint density at radius 3 is 2.27 bits per heavy atom. The van der Waals surface area contributed by atoms with Crippen molar-refractivity contribution in [3.63, 3.8) is 0 Å². The van der Waals surface area contributed by atoms with Gasteiger partial charge < -0.3 is 30.4 Å². The number of carbonyl (C=O) groups is 2. The molecule has 4 N–H and O–H groups in total. The lowest BCUT2D eigenvalue weighted by atomic mass is 10.1. The summed E-state index contributed by atoms with van der Waals surface area (Å²) in [7, 11) is 1.48. The van der Waals surface area contributed by atoms with E-state index in [1.165, 1.54) is 19.2 Å². The number of amidine groups is 1. The van der Waals surface area contributed by atoms with E-state index in [2.05, 4.69) is 10.3 Å². The zero-order valence-electron chi connectivity index (χ0n) is 20.0. The molecule has 3 aromatic carbocycles. The van der Waals surface area contributed by atoms with Crippen molar-refractivity contribution in [3.8, 4) is 17.2 Å². The molecule has 194 valence electrons. The number of hydrogen-bond donors (Lipinski definition) is 3. The zero-order valence-corrected chi connectivity index (χ0v) is 20.0. The molecule has 0 aromatic heterocycles. The number of nitrogens with two attached hydrogens (primary N) is 1. The summed E-state index contributed by atoms with van der Waals surface area (Å²) < 4.78 is 46.0. The summed E-state index contributed by atoms with van der Waals surface area (Å²) in [5.41, 5.74) is 6.05. The molecule has 0 saturated carbocycles. The Hall–Kier alpha value is -4.51. The number of aliphatic imine (C=N–C) groups is 1. The molecule has 0 radical (unpaired) electrons. The number of nitrogens with zero attached hydrogens (tertiary/aromatic N) is 1. The van der Waals surface area contributed by atoms with Crippen LogP contribution in [0.4, 0.5) is 13.6 Å². The predicted octanol–water partition coefficient (Wildman–Crippen LogP) is 4.54. The van der Waals surface area contributed by atoms with Crippen LogP contribution in [0.15, 0.2) is 65.7 Å². The number of amides is 2. The van der Waals surface area contributed by atoms with E-state index < -0.39 is 35.3 Å². The second-order valence-corrected chi connectivity index (χ2v) is 7.61. The van der Waals surface area contributed by atoms with E-state index in [-0.39, 0.29) is 24.7 Å². The third-order valence-corrected chi connectivity index (χ3v) is 5.10. The molecule has 37 heavy (non-hydrogen) atoms. The molecule has 0 fully saturated rings. The van der Waals surface area contributed by atoms with Crippen LogP contribution in [0.25, 0.3) is 0 Å². The molecule has 0 aliphatic carbocycles. The maximum Gasteiger partial charge on any atom is 0.433 e. The molecule has 1 unspecified atom stereocenters. The Labute approximate surface area is 211 Å². The van der Waals surface area contributed by atoms with E-state index in [4.69, 9.17) is 25.1 Å². The lowest BCUT2D eigenvalue weighted by Crippen LogP contribution is -2.31. The fourth-order valence-electron chi connectivity index (χ4n) is 3.37. The first-order valence-electron chi connectivity index (χ1n) is 11.1. The Morgan fingerprint density at radius 1 is 1.03 bits per heavy atom. The lowest BCUT2D eigenvalue weighted by molar-refractivity contribution is -0.133. The molecule has 0 saturated heterocycles. The lowest BCUT2D eigenvalue weighted by Gasteiger charge is -2.19. The van der Waals surface area contributed by atoms with E-state index in [9.17, 15) is 18.4 Å². The quantitative estimate of drug-likeness (QED) is 0.268. The number of halogens is 2. The van der Waals surface area contributed by atoms with Gasteiger partial charge in [0.1, 0.15) is 34.7 Å². The van der Waals surface area contributed by atoms with Crippen molar-refractivity contribution < 1.29 is 37.7 Å². The van der Waals surface area contributed by atoms with Gasteiger partial charge in [0, 0.05) is 36.9 Å². The van der Waals surface area contributed by atoms with Gasteiger partial charge in [-0.2, -0.15) is 4.99 Å². The van der Waals surface area contributed by atoms with Crippen LogP contribution >= 0.6 is 0 Å². The van der Waals surface area contributed by atoms with Crippen molar-refractivity contribution in [1.82, 2.24) is 5.32 Å². The van der Waals surface area contributed by atoms with Crippen molar-refractivity contribution >= 4 is 17.8 Å². The highest BCUT2D eigenvalue weighted by Gasteiger charge is 2.28. The molecule has 0 aliphatic heterocycles. The van der Waals surface area contributed by atoms with Crippen molar-refractivity contribution in [2.24, 2.45) is 10.7 Å². The maximum absolute atomic E-state index is 15.0. The van der Waals surface area contributed by atoms with Crippen LogP contribution in [0, 0.1) is 11.6 Å². The largest absolute Gasteiger partial charge is 0.497 e.